The highest BCUT2D eigenvalue weighted by Crippen LogP contribution is 2.39. The number of fused-ring (bicyclic) bond motifs is 1. The number of allylic oxidation sites excluding steroid dienone is 2. The SMILES string of the molecule is COc1c(C)c2c(c(N)c1CC=C(C)C[C@H](C)C(=O)O)C(=O)OC2. The van der Waals surface area contributed by atoms with Gasteiger partial charge in [-0.05, 0) is 32.3 Å². The molecular formula is C18H23NO5. The van der Waals surface area contributed by atoms with E-state index in [0.29, 0.717) is 29.8 Å². The first-order valence-corrected chi connectivity index (χ1v) is 7.81. The standard InChI is InChI=1S/C18H23NO5/c1-9(7-10(2)17(20)21)5-6-12-15(19)14-13(8-24-18(14)22)11(3)16(12)23-4/h5,10H,6-8,19H2,1-4H3,(H,20,21)/t10-/m0/s1. The molecule has 0 amide bonds. The predicted molar refractivity (Wildman–Crippen MR) is 90.1 cm³/mol. The van der Waals surface area contributed by atoms with Crippen LogP contribution in [0.5, 0.6) is 5.75 Å². The molecule has 0 fully saturated rings. The summed E-state index contributed by atoms with van der Waals surface area (Å²) in [5, 5.41) is 9.00. The molecule has 24 heavy (non-hydrogen) atoms. The van der Waals surface area contributed by atoms with Gasteiger partial charge < -0.3 is 20.3 Å². The quantitative estimate of drug-likeness (QED) is 0.472. The first kappa shape index (κ1) is 17.8. The molecule has 1 atom stereocenters. The van der Waals surface area contributed by atoms with Crippen LogP contribution < -0.4 is 10.5 Å². The molecule has 0 aromatic heterocycles. The van der Waals surface area contributed by atoms with Crippen LogP contribution in [0.2, 0.25) is 0 Å². The fraction of sp³-hybridized carbons (Fsp3) is 0.444. The molecule has 1 aromatic carbocycles. The Labute approximate surface area is 141 Å². The zero-order chi connectivity index (χ0) is 18.0. The number of carbonyl (C=O) groups is 2. The highest BCUT2D eigenvalue weighted by molar-refractivity contribution is 6.00. The Morgan fingerprint density at radius 2 is 2.17 bits per heavy atom. The van der Waals surface area contributed by atoms with E-state index in [1.807, 2.05) is 19.9 Å². The van der Waals surface area contributed by atoms with Crippen molar-refractivity contribution in [3.8, 4) is 5.75 Å². The van der Waals surface area contributed by atoms with Gasteiger partial charge in [0.1, 0.15) is 12.4 Å². The lowest BCUT2D eigenvalue weighted by Gasteiger charge is -2.16. The maximum absolute atomic E-state index is 11.9. The Morgan fingerprint density at radius 1 is 1.50 bits per heavy atom. The van der Waals surface area contributed by atoms with Gasteiger partial charge in [-0.15, -0.1) is 0 Å². The molecular weight excluding hydrogens is 310 g/mol. The van der Waals surface area contributed by atoms with Crippen molar-refractivity contribution in [3.05, 3.63) is 33.9 Å². The van der Waals surface area contributed by atoms with E-state index in [9.17, 15) is 9.59 Å². The number of rotatable bonds is 6. The number of benzene rings is 1. The molecule has 0 saturated carbocycles. The van der Waals surface area contributed by atoms with Crippen LogP contribution in [0, 0.1) is 12.8 Å². The number of anilines is 1. The lowest BCUT2D eigenvalue weighted by molar-refractivity contribution is -0.141. The molecule has 0 unspecified atom stereocenters. The number of carboxylic acid groups (broad SMARTS) is 1. The number of methoxy groups -OCH3 is 1. The van der Waals surface area contributed by atoms with E-state index >= 15 is 0 Å². The second-order valence-electron chi connectivity index (χ2n) is 6.18. The van der Waals surface area contributed by atoms with Crippen molar-refractivity contribution in [2.45, 2.75) is 40.2 Å². The van der Waals surface area contributed by atoms with Crippen LogP contribution in [0.25, 0.3) is 0 Å². The molecule has 1 heterocycles. The number of nitrogens with two attached hydrogens (primary N) is 1. The van der Waals surface area contributed by atoms with Crippen LogP contribution in [0.15, 0.2) is 11.6 Å². The van der Waals surface area contributed by atoms with E-state index in [1.165, 1.54) is 0 Å². The topological polar surface area (TPSA) is 98.9 Å². The number of hydrogen-bond donors (Lipinski definition) is 2. The molecule has 0 radical (unpaired) electrons. The largest absolute Gasteiger partial charge is 0.496 e. The molecule has 1 aromatic rings. The third-order valence-corrected chi connectivity index (χ3v) is 4.42. The summed E-state index contributed by atoms with van der Waals surface area (Å²) >= 11 is 0. The van der Waals surface area contributed by atoms with Crippen LogP contribution in [0.3, 0.4) is 0 Å². The lowest BCUT2D eigenvalue weighted by atomic mass is 9.93. The molecule has 6 nitrogen and oxygen atoms in total. The summed E-state index contributed by atoms with van der Waals surface area (Å²) in [5.74, 6) is -1.03. The summed E-state index contributed by atoms with van der Waals surface area (Å²) in [7, 11) is 1.57. The van der Waals surface area contributed by atoms with Crippen LogP contribution in [0.4, 0.5) is 5.69 Å². The van der Waals surface area contributed by atoms with Gasteiger partial charge in [0.15, 0.2) is 0 Å². The van der Waals surface area contributed by atoms with Gasteiger partial charge in [0.2, 0.25) is 0 Å². The fourth-order valence-corrected chi connectivity index (χ4v) is 3.02. The van der Waals surface area contributed by atoms with Gasteiger partial charge in [0, 0.05) is 11.1 Å². The van der Waals surface area contributed by atoms with Crippen molar-refractivity contribution >= 4 is 17.6 Å². The lowest BCUT2D eigenvalue weighted by Crippen LogP contribution is -2.10. The van der Waals surface area contributed by atoms with Gasteiger partial charge in [-0.1, -0.05) is 18.6 Å². The van der Waals surface area contributed by atoms with Crippen molar-refractivity contribution in [2.24, 2.45) is 5.92 Å². The Balaban J connectivity index is 2.37. The highest BCUT2D eigenvalue weighted by Gasteiger charge is 2.30. The molecule has 2 rings (SSSR count). The van der Waals surface area contributed by atoms with Gasteiger partial charge in [0.05, 0.1) is 24.3 Å². The number of carbonyl (C=O) groups excluding carboxylic acids is 1. The van der Waals surface area contributed by atoms with Crippen molar-refractivity contribution < 1.29 is 24.2 Å². The monoisotopic (exact) mass is 333 g/mol. The third kappa shape index (κ3) is 3.22. The number of cyclic esters (lactones) is 1. The number of ether oxygens (including phenoxy) is 2. The van der Waals surface area contributed by atoms with Crippen molar-refractivity contribution in [3.63, 3.8) is 0 Å². The second-order valence-corrected chi connectivity index (χ2v) is 6.18. The minimum atomic E-state index is -0.823. The van der Waals surface area contributed by atoms with E-state index in [1.54, 1.807) is 14.0 Å². The zero-order valence-electron chi connectivity index (χ0n) is 14.4. The molecule has 3 N–H and O–H groups in total. The first-order chi connectivity index (χ1) is 11.3. The van der Waals surface area contributed by atoms with Crippen molar-refractivity contribution in [1.29, 1.82) is 0 Å². The van der Waals surface area contributed by atoms with Gasteiger partial charge in [-0.25, -0.2) is 4.79 Å². The number of aliphatic carboxylic acids is 1. The van der Waals surface area contributed by atoms with E-state index in [0.717, 1.165) is 22.3 Å². The van der Waals surface area contributed by atoms with Crippen LogP contribution >= 0.6 is 0 Å². The summed E-state index contributed by atoms with van der Waals surface area (Å²) in [6.45, 7) is 5.65. The van der Waals surface area contributed by atoms with E-state index in [4.69, 9.17) is 20.3 Å². The Kier molecular flexibility index (Phi) is 5.17. The molecule has 0 saturated heterocycles. The Hall–Kier alpha value is -2.50. The van der Waals surface area contributed by atoms with Crippen LogP contribution in [-0.4, -0.2) is 24.2 Å². The maximum Gasteiger partial charge on any atom is 0.341 e. The summed E-state index contributed by atoms with van der Waals surface area (Å²) in [6, 6.07) is 0. The van der Waals surface area contributed by atoms with Crippen molar-refractivity contribution in [2.75, 3.05) is 12.8 Å². The van der Waals surface area contributed by atoms with E-state index in [2.05, 4.69) is 0 Å². The molecule has 1 aliphatic rings. The number of esters is 1. The molecule has 130 valence electrons. The molecule has 6 heteroatoms. The van der Waals surface area contributed by atoms with E-state index < -0.39 is 17.9 Å². The summed E-state index contributed by atoms with van der Waals surface area (Å²) in [4.78, 5) is 22.9. The van der Waals surface area contributed by atoms with Crippen LogP contribution in [-0.2, 0) is 22.6 Å². The molecule has 0 spiro atoms. The summed E-state index contributed by atoms with van der Waals surface area (Å²) < 4.78 is 10.6. The first-order valence-electron chi connectivity index (χ1n) is 7.81. The molecule has 0 bridgehead atoms. The minimum absolute atomic E-state index is 0.214. The van der Waals surface area contributed by atoms with E-state index in [-0.39, 0.29) is 6.61 Å². The Morgan fingerprint density at radius 3 is 2.75 bits per heavy atom. The second kappa shape index (κ2) is 6.95. The zero-order valence-corrected chi connectivity index (χ0v) is 14.4. The average Bonchev–Trinajstić information content (AvgIpc) is 2.91. The normalized spacial score (nSPS) is 15.0. The number of nitrogen functional groups attached to an aromatic ring is 1. The summed E-state index contributed by atoms with van der Waals surface area (Å²) in [6.07, 6.45) is 2.86. The molecule has 0 aliphatic carbocycles. The van der Waals surface area contributed by atoms with Gasteiger partial charge >= 0.3 is 11.9 Å². The van der Waals surface area contributed by atoms with Crippen molar-refractivity contribution in [1.82, 2.24) is 0 Å². The third-order valence-electron chi connectivity index (χ3n) is 4.42. The van der Waals surface area contributed by atoms with Gasteiger partial charge in [-0.3, -0.25) is 4.79 Å². The fourth-order valence-electron chi connectivity index (χ4n) is 3.02. The van der Waals surface area contributed by atoms with Crippen LogP contribution in [0.1, 0.15) is 47.3 Å². The van der Waals surface area contributed by atoms with Gasteiger partial charge in [-0.2, -0.15) is 0 Å². The highest BCUT2D eigenvalue weighted by atomic mass is 16.5. The average molecular weight is 333 g/mol. The summed E-state index contributed by atoms with van der Waals surface area (Å²) in [5.41, 5.74) is 10.3. The Bertz CT molecular complexity index is 721. The predicted octanol–water partition coefficient (Wildman–Crippen LogP) is 2.86. The smallest absolute Gasteiger partial charge is 0.341 e. The maximum atomic E-state index is 11.9. The minimum Gasteiger partial charge on any atom is -0.496 e. The van der Waals surface area contributed by atoms with Gasteiger partial charge in [0.25, 0.3) is 0 Å². The molecule has 1 aliphatic heterocycles. The number of carboxylic acids is 1. The number of hydrogen-bond acceptors (Lipinski definition) is 5.